The number of halogens is 2. The summed E-state index contributed by atoms with van der Waals surface area (Å²) in [5.41, 5.74) is 6.02. The standard InChI is InChI=1S/C11H15F2N/c1-2-3-7-10(14)8-5-4-6-9(12)11(8)13/h4-6,10H,2-3,7,14H2,1H3. The lowest BCUT2D eigenvalue weighted by Crippen LogP contribution is -2.12. The van der Waals surface area contributed by atoms with Gasteiger partial charge < -0.3 is 5.73 Å². The normalized spacial score (nSPS) is 12.9. The molecule has 1 aromatic carbocycles. The molecule has 0 amide bonds. The van der Waals surface area contributed by atoms with Crippen LogP contribution in [-0.2, 0) is 0 Å². The van der Waals surface area contributed by atoms with Crippen molar-refractivity contribution in [2.45, 2.75) is 32.2 Å². The first-order valence-corrected chi connectivity index (χ1v) is 4.86. The van der Waals surface area contributed by atoms with Gasteiger partial charge in [-0.25, -0.2) is 8.78 Å². The Balaban J connectivity index is 2.79. The molecule has 1 aromatic rings. The van der Waals surface area contributed by atoms with Gasteiger partial charge in [0.05, 0.1) is 0 Å². The first-order valence-electron chi connectivity index (χ1n) is 4.86. The summed E-state index contributed by atoms with van der Waals surface area (Å²) in [6.07, 6.45) is 2.62. The van der Waals surface area contributed by atoms with Crippen LogP contribution in [0.3, 0.4) is 0 Å². The van der Waals surface area contributed by atoms with Crippen LogP contribution in [0.4, 0.5) is 8.78 Å². The quantitative estimate of drug-likeness (QED) is 0.792. The third-order valence-electron chi connectivity index (χ3n) is 2.25. The Hall–Kier alpha value is -0.960. The minimum Gasteiger partial charge on any atom is -0.324 e. The van der Waals surface area contributed by atoms with E-state index in [1.807, 2.05) is 6.92 Å². The van der Waals surface area contributed by atoms with Crippen LogP contribution in [0.2, 0.25) is 0 Å². The van der Waals surface area contributed by atoms with Gasteiger partial charge in [0.15, 0.2) is 11.6 Å². The van der Waals surface area contributed by atoms with Gasteiger partial charge in [0.1, 0.15) is 0 Å². The molecule has 1 atom stereocenters. The minimum atomic E-state index is -0.825. The molecular weight excluding hydrogens is 184 g/mol. The summed E-state index contributed by atoms with van der Waals surface area (Å²) >= 11 is 0. The third kappa shape index (κ3) is 2.51. The highest BCUT2D eigenvalue weighted by atomic mass is 19.2. The Labute approximate surface area is 82.9 Å². The topological polar surface area (TPSA) is 26.0 Å². The lowest BCUT2D eigenvalue weighted by Gasteiger charge is -2.12. The van der Waals surface area contributed by atoms with E-state index < -0.39 is 17.7 Å². The van der Waals surface area contributed by atoms with Gasteiger partial charge in [0.2, 0.25) is 0 Å². The monoisotopic (exact) mass is 199 g/mol. The van der Waals surface area contributed by atoms with E-state index in [0.717, 1.165) is 18.9 Å². The smallest absolute Gasteiger partial charge is 0.163 e. The summed E-state index contributed by atoms with van der Waals surface area (Å²) in [5.74, 6) is -1.63. The maximum absolute atomic E-state index is 13.2. The van der Waals surface area contributed by atoms with Crippen LogP contribution in [0.25, 0.3) is 0 Å². The molecule has 0 aliphatic rings. The van der Waals surface area contributed by atoms with Gasteiger partial charge in [-0.2, -0.15) is 0 Å². The van der Waals surface area contributed by atoms with Crippen LogP contribution in [0.1, 0.15) is 37.8 Å². The van der Waals surface area contributed by atoms with E-state index in [1.54, 1.807) is 6.07 Å². The van der Waals surface area contributed by atoms with E-state index in [-0.39, 0.29) is 5.56 Å². The third-order valence-corrected chi connectivity index (χ3v) is 2.25. The molecule has 2 N–H and O–H groups in total. The summed E-state index contributed by atoms with van der Waals surface area (Å²) in [7, 11) is 0. The molecule has 1 nitrogen and oxygen atoms in total. The average molecular weight is 199 g/mol. The maximum Gasteiger partial charge on any atom is 0.163 e. The highest BCUT2D eigenvalue weighted by Gasteiger charge is 2.13. The molecule has 0 aromatic heterocycles. The van der Waals surface area contributed by atoms with Gasteiger partial charge in [0.25, 0.3) is 0 Å². The van der Waals surface area contributed by atoms with E-state index in [9.17, 15) is 8.78 Å². The van der Waals surface area contributed by atoms with Crippen LogP contribution in [0, 0.1) is 11.6 Å². The molecule has 0 saturated carbocycles. The Morgan fingerprint density at radius 3 is 2.71 bits per heavy atom. The fraction of sp³-hybridized carbons (Fsp3) is 0.455. The van der Waals surface area contributed by atoms with Gasteiger partial charge in [-0.05, 0) is 12.5 Å². The Morgan fingerprint density at radius 2 is 2.07 bits per heavy atom. The van der Waals surface area contributed by atoms with Gasteiger partial charge in [-0.1, -0.05) is 31.9 Å². The molecule has 1 rings (SSSR count). The number of hydrogen-bond acceptors (Lipinski definition) is 1. The second-order valence-electron chi connectivity index (χ2n) is 3.39. The van der Waals surface area contributed by atoms with E-state index in [4.69, 9.17) is 5.73 Å². The lowest BCUT2D eigenvalue weighted by molar-refractivity contribution is 0.480. The number of benzene rings is 1. The van der Waals surface area contributed by atoms with Gasteiger partial charge in [0, 0.05) is 11.6 Å². The molecule has 14 heavy (non-hydrogen) atoms. The minimum absolute atomic E-state index is 0.276. The van der Waals surface area contributed by atoms with Crippen molar-refractivity contribution in [2.24, 2.45) is 5.73 Å². The van der Waals surface area contributed by atoms with Crippen molar-refractivity contribution in [1.82, 2.24) is 0 Å². The number of nitrogens with two attached hydrogens (primary N) is 1. The summed E-state index contributed by atoms with van der Waals surface area (Å²) < 4.78 is 26.1. The van der Waals surface area contributed by atoms with Crippen molar-refractivity contribution in [3.8, 4) is 0 Å². The van der Waals surface area contributed by atoms with E-state index in [2.05, 4.69) is 0 Å². The van der Waals surface area contributed by atoms with Crippen LogP contribution in [-0.4, -0.2) is 0 Å². The van der Waals surface area contributed by atoms with Crippen molar-refractivity contribution in [3.63, 3.8) is 0 Å². The summed E-state index contributed by atoms with van der Waals surface area (Å²) in [6.45, 7) is 2.04. The van der Waals surface area contributed by atoms with E-state index in [1.165, 1.54) is 6.07 Å². The average Bonchev–Trinajstić information content (AvgIpc) is 2.18. The van der Waals surface area contributed by atoms with Crippen LogP contribution in [0.5, 0.6) is 0 Å². The van der Waals surface area contributed by atoms with Gasteiger partial charge in [-0.3, -0.25) is 0 Å². The SMILES string of the molecule is CCCCC(N)c1cccc(F)c1F. The molecule has 1 unspecified atom stereocenters. The molecule has 0 aliphatic carbocycles. The van der Waals surface area contributed by atoms with Crippen LogP contribution >= 0.6 is 0 Å². The Kier molecular flexibility index (Phi) is 4.01. The molecular formula is C11H15F2N. The van der Waals surface area contributed by atoms with E-state index in [0.29, 0.717) is 6.42 Å². The number of hydrogen-bond donors (Lipinski definition) is 1. The second kappa shape index (κ2) is 5.05. The van der Waals surface area contributed by atoms with Crippen LogP contribution in [0.15, 0.2) is 18.2 Å². The van der Waals surface area contributed by atoms with Crippen molar-refractivity contribution >= 4 is 0 Å². The number of rotatable bonds is 4. The lowest BCUT2D eigenvalue weighted by atomic mass is 10.0. The second-order valence-corrected chi connectivity index (χ2v) is 3.39. The Morgan fingerprint density at radius 1 is 1.36 bits per heavy atom. The zero-order valence-corrected chi connectivity index (χ0v) is 8.26. The zero-order chi connectivity index (χ0) is 10.6. The van der Waals surface area contributed by atoms with Crippen molar-refractivity contribution in [1.29, 1.82) is 0 Å². The molecule has 78 valence electrons. The van der Waals surface area contributed by atoms with Gasteiger partial charge in [-0.15, -0.1) is 0 Å². The molecule has 0 fully saturated rings. The highest BCUT2D eigenvalue weighted by molar-refractivity contribution is 5.22. The Bertz CT molecular complexity index is 299. The van der Waals surface area contributed by atoms with Crippen LogP contribution < -0.4 is 5.73 Å². The molecule has 0 radical (unpaired) electrons. The first kappa shape index (κ1) is 11.1. The summed E-state index contributed by atoms with van der Waals surface area (Å²) in [5, 5.41) is 0. The predicted octanol–water partition coefficient (Wildman–Crippen LogP) is 3.15. The molecule has 0 saturated heterocycles. The van der Waals surface area contributed by atoms with Gasteiger partial charge >= 0.3 is 0 Å². The predicted molar refractivity (Wildman–Crippen MR) is 52.8 cm³/mol. The van der Waals surface area contributed by atoms with Crippen molar-refractivity contribution < 1.29 is 8.78 Å². The number of unbranched alkanes of at least 4 members (excludes halogenated alkanes) is 1. The summed E-state index contributed by atoms with van der Waals surface area (Å²) in [6, 6.07) is 3.73. The zero-order valence-electron chi connectivity index (χ0n) is 8.26. The fourth-order valence-electron chi connectivity index (χ4n) is 1.39. The fourth-order valence-corrected chi connectivity index (χ4v) is 1.39. The maximum atomic E-state index is 13.2. The molecule has 0 spiro atoms. The molecule has 0 aliphatic heterocycles. The first-order chi connectivity index (χ1) is 6.66. The largest absolute Gasteiger partial charge is 0.324 e. The highest BCUT2D eigenvalue weighted by Crippen LogP contribution is 2.21. The molecule has 0 bridgehead atoms. The van der Waals surface area contributed by atoms with Crippen molar-refractivity contribution in [2.75, 3.05) is 0 Å². The summed E-state index contributed by atoms with van der Waals surface area (Å²) in [4.78, 5) is 0. The van der Waals surface area contributed by atoms with E-state index >= 15 is 0 Å². The molecule has 3 heteroatoms. The molecule has 0 heterocycles. The van der Waals surface area contributed by atoms with Crippen molar-refractivity contribution in [3.05, 3.63) is 35.4 Å².